The summed E-state index contributed by atoms with van der Waals surface area (Å²) in [6.45, 7) is 13.0. The highest BCUT2D eigenvalue weighted by atomic mass is 16.5. The normalized spacial score (nSPS) is 10.9. The van der Waals surface area contributed by atoms with Crippen molar-refractivity contribution in [2.24, 2.45) is 0 Å². The quantitative estimate of drug-likeness (QED) is 0.191. The summed E-state index contributed by atoms with van der Waals surface area (Å²) in [6, 6.07) is 0. The number of unbranched alkanes of at least 4 members (excludes halogenated alkanes) is 10. The minimum atomic E-state index is -0.409. The highest BCUT2D eigenvalue weighted by Gasteiger charge is 2.27. The molecule has 0 aromatic heterocycles. The zero-order valence-electron chi connectivity index (χ0n) is 21.5. The Balaban J connectivity index is 2.79. The topological polar surface area (TPSA) is 52.6 Å². The van der Waals surface area contributed by atoms with Gasteiger partial charge in [0.15, 0.2) is 0 Å². The fourth-order valence-corrected chi connectivity index (χ4v) is 4.06. The number of hydrogen-bond acceptors (Lipinski definition) is 4. The van der Waals surface area contributed by atoms with Gasteiger partial charge in [0.2, 0.25) is 0 Å². The van der Waals surface area contributed by atoms with E-state index in [4.69, 9.17) is 9.47 Å². The molecule has 0 aliphatic carbocycles. The van der Waals surface area contributed by atoms with Crippen molar-refractivity contribution in [3.8, 4) is 0 Å². The van der Waals surface area contributed by atoms with Crippen LogP contribution in [-0.2, 0) is 9.47 Å². The molecule has 0 bridgehead atoms. The lowest BCUT2D eigenvalue weighted by molar-refractivity contribution is 0.0448. The van der Waals surface area contributed by atoms with Crippen LogP contribution >= 0.6 is 0 Å². The van der Waals surface area contributed by atoms with E-state index in [1.807, 2.05) is 27.7 Å². The summed E-state index contributed by atoms with van der Waals surface area (Å²) in [6.07, 6.45) is 13.6. The molecule has 0 amide bonds. The Morgan fingerprint density at radius 1 is 0.500 bits per heavy atom. The minimum absolute atomic E-state index is 0.379. The first-order valence-corrected chi connectivity index (χ1v) is 12.8. The Morgan fingerprint density at radius 3 is 1.16 bits per heavy atom. The van der Waals surface area contributed by atoms with Crippen LogP contribution in [0.25, 0.3) is 0 Å². The van der Waals surface area contributed by atoms with Crippen molar-refractivity contribution in [2.45, 2.75) is 119 Å². The first-order valence-electron chi connectivity index (χ1n) is 12.8. The first-order chi connectivity index (χ1) is 15.4. The van der Waals surface area contributed by atoms with E-state index in [9.17, 15) is 9.59 Å². The molecule has 182 valence electrons. The van der Waals surface area contributed by atoms with Crippen LogP contribution in [0.2, 0.25) is 0 Å². The fraction of sp³-hybridized carbons (Fsp3) is 0.714. The minimum Gasteiger partial charge on any atom is -0.462 e. The summed E-state index contributed by atoms with van der Waals surface area (Å²) in [5.41, 5.74) is 4.44. The number of carbonyl (C=O) groups excluding carboxylic acids is 2. The molecule has 0 radical (unpaired) electrons. The van der Waals surface area contributed by atoms with Gasteiger partial charge in [0.25, 0.3) is 0 Å². The van der Waals surface area contributed by atoms with E-state index in [0.29, 0.717) is 24.3 Å². The van der Waals surface area contributed by atoms with Gasteiger partial charge < -0.3 is 9.47 Å². The molecule has 0 fully saturated rings. The second-order valence-electron chi connectivity index (χ2n) is 9.06. The number of ether oxygens (including phenoxy) is 2. The monoisotopic (exact) mass is 446 g/mol. The van der Waals surface area contributed by atoms with Crippen LogP contribution in [0.3, 0.4) is 0 Å². The van der Waals surface area contributed by atoms with E-state index < -0.39 is 11.9 Å². The van der Waals surface area contributed by atoms with E-state index in [0.717, 1.165) is 47.9 Å². The van der Waals surface area contributed by atoms with Gasteiger partial charge in [-0.1, -0.05) is 78.1 Å². The standard InChI is InChI=1S/C28H46O4/c1-7-9-11-13-15-17-19-31-27(29)25-23(5)21(3)22(4)24(6)26(25)28(30)32-20-18-16-14-12-10-8-2/h7-20H2,1-6H3. The van der Waals surface area contributed by atoms with E-state index in [-0.39, 0.29) is 0 Å². The zero-order valence-corrected chi connectivity index (χ0v) is 21.5. The smallest absolute Gasteiger partial charge is 0.339 e. The lowest BCUT2D eigenvalue weighted by Gasteiger charge is -2.19. The van der Waals surface area contributed by atoms with Crippen molar-refractivity contribution in [1.29, 1.82) is 0 Å². The van der Waals surface area contributed by atoms with Gasteiger partial charge in [-0.3, -0.25) is 0 Å². The van der Waals surface area contributed by atoms with Gasteiger partial charge in [0.1, 0.15) is 0 Å². The molecule has 1 rings (SSSR count). The van der Waals surface area contributed by atoms with Gasteiger partial charge in [-0.05, 0) is 62.8 Å². The second kappa shape index (κ2) is 15.9. The van der Waals surface area contributed by atoms with Crippen molar-refractivity contribution in [1.82, 2.24) is 0 Å². The molecule has 32 heavy (non-hydrogen) atoms. The van der Waals surface area contributed by atoms with Crippen LogP contribution in [0.4, 0.5) is 0 Å². The van der Waals surface area contributed by atoms with Gasteiger partial charge in [-0.25, -0.2) is 9.59 Å². The number of hydrogen-bond donors (Lipinski definition) is 0. The molecule has 0 N–H and O–H groups in total. The van der Waals surface area contributed by atoms with Crippen LogP contribution in [0, 0.1) is 27.7 Å². The van der Waals surface area contributed by atoms with Crippen molar-refractivity contribution < 1.29 is 19.1 Å². The lowest BCUT2D eigenvalue weighted by Crippen LogP contribution is -2.20. The van der Waals surface area contributed by atoms with Crippen LogP contribution < -0.4 is 0 Å². The summed E-state index contributed by atoms with van der Waals surface area (Å²) in [5, 5.41) is 0. The van der Waals surface area contributed by atoms with E-state index >= 15 is 0 Å². The third kappa shape index (κ3) is 8.96. The van der Waals surface area contributed by atoms with E-state index in [2.05, 4.69) is 13.8 Å². The van der Waals surface area contributed by atoms with Gasteiger partial charge >= 0.3 is 11.9 Å². The van der Waals surface area contributed by atoms with Crippen molar-refractivity contribution in [3.05, 3.63) is 33.4 Å². The average Bonchev–Trinajstić information content (AvgIpc) is 2.78. The molecule has 0 unspecified atom stereocenters. The van der Waals surface area contributed by atoms with E-state index in [1.165, 1.54) is 51.4 Å². The van der Waals surface area contributed by atoms with Crippen LogP contribution in [0.1, 0.15) is 134 Å². The number of benzene rings is 1. The van der Waals surface area contributed by atoms with Gasteiger partial charge in [-0.15, -0.1) is 0 Å². The average molecular weight is 447 g/mol. The molecular weight excluding hydrogens is 400 g/mol. The molecule has 1 aromatic carbocycles. The van der Waals surface area contributed by atoms with Gasteiger partial charge in [0.05, 0.1) is 24.3 Å². The molecule has 0 atom stereocenters. The molecule has 0 saturated carbocycles. The SMILES string of the molecule is CCCCCCCCOC(=O)c1c(C)c(C)c(C)c(C)c1C(=O)OCCCCCCCC. The molecule has 0 aliphatic heterocycles. The molecule has 0 spiro atoms. The lowest BCUT2D eigenvalue weighted by atomic mass is 9.89. The summed E-state index contributed by atoms with van der Waals surface area (Å²) >= 11 is 0. The Bertz CT molecular complexity index is 660. The van der Waals surface area contributed by atoms with Crippen LogP contribution in [0.15, 0.2) is 0 Å². The zero-order chi connectivity index (χ0) is 23.9. The van der Waals surface area contributed by atoms with Gasteiger partial charge in [0, 0.05) is 0 Å². The van der Waals surface area contributed by atoms with Gasteiger partial charge in [-0.2, -0.15) is 0 Å². The maximum absolute atomic E-state index is 13.0. The highest BCUT2D eigenvalue weighted by Crippen LogP contribution is 2.28. The summed E-state index contributed by atoms with van der Waals surface area (Å²) in [4.78, 5) is 26.0. The Morgan fingerprint density at radius 2 is 0.812 bits per heavy atom. The molecule has 0 heterocycles. The fourth-order valence-electron chi connectivity index (χ4n) is 4.06. The summed E-state index contributed by atoms with van der Waals surface area (Å²) < 4.78 is 11.2. The molecule has 1 aromatic rings. The highest BCUT2D eigenvalue weighted by molar-refractivity contribution is 6.05. The number of esters is 2. The summed E-state index contributed by atoms with van der Waals surface area (Å²) in [5.74, 6) is -0.817. The predicted octanol–water partition coefficient (Wildman–Crippen LogP) is 7.95. The van der Waals surface area contributed by atoms with Crippen molar-refractivity contribution in [2.75, 3.05) is 13.2 Å². The third-order valence-electron chi connectivity index (χ3n) is 6.56. The molecule has 4 nitrogen and oxygen atoms in total. The van der Waals surface area contributed by atoms with Crippen molar-refractivity contribution >= 4 is 11.9 Å². The number of carbonyl (C=O) groups is 2. The second-order valence-corrected chi connectivity index (χ2v) is 9.06. The Kier molecular flexibility index (Phi) is 14.0. The number of rotatable bonds is 16. The maximum atomic E-state index is 13.0. The predicted molar refractivity (Wildman–Crippen MR) is 133 cm³/mol. The van der Waals surface area contributed by atoms with Crippen molar-refractivity contribution in [3.63, 3.8) is 0 Å². The van der Waals surface area contributed by atoms with Crippen LogP contribution in [0.5, 0.6) is 0 Å². The molecule has 0 aliphatic rings. The molecule has 0 saturated heterocycles. The molecular formula is C28H46O4. The first kappa shape index (κ1) is 28.2. The Hall–Kier alpha value is -1.84. The van der Waals surface area contributed by atoms with Crippen LogP contribution in [-0.4, -0.2) is 25.2 Å². The van der Waals surface area contributed by atoms with E-state index in [1.54, 1.807) is 0 Å². The Labute approximate surface area is 196 Å². The largest absolute Gasteiger partial charge is 0.462 e. The summed E-state index contributed by atoms with van der Waals surface area (Å²) in [7, 11) is 0. The molecule has 4 heteroatoms. The maximum Gasteiger partial charge on any atom is 0.339 e. The third-order valence-corrected chi connectivity index (χ3v) is 6.56.